The van der Waals surface area contributed by atoms with Gasteiger partial charge in [-0.3, -0.25) is 9.59 Å². The Kier molecular flexibility index (Phi) is 6.13. The molecule has 1 rings (SSSR count). The number of aliphatic hydroxyl groups excluding tert-OH is 1. The molecule has 0 aliphatic rings. The molecule has 4 N–H and O–H groups in total. The third-order valence-electron chi connectivity index (χ3n) is 2.42. The van der Waals surface area contributed by atoms with Gasteiger partial charge in [-0.15, -0.1) is 11.3 Å². The molecule has 0 aromatic carbocycles. The molecule has 20 heavy (non-hydrogen) atoms. The summed E-state index contributed by atoms with van der Waals surface area (Å²) < 4.78 is 0. The van der Waals surface area contributed by atoms with Crippen molar-refractivity contribution in [3.8, 4) is 0 Å². The lowest BCUT2D eigenvalue weighted by atomic mass is 10.2. The van der Waals surface area contributed by atoms with Crippen molar-refractivity contribution >= 4 is 29.1 Å². The number of aliphatic carboxylic acids is 1. The van der Waals surface area contributed by atoms with Gasteiger partial charge < -0.3 is 20.8 Å². The van der Waals surface area contributed by atoms with Crippen LogP contribution >= 0.6 is 11.3 Å². The average molecular weight is 300 g/mol. The number of rotatable bonds is 7. The molecule has 0 bridgehead atoms. The van der Waals surface area contributed by atoms with Crippen LogP contribution in [-0.2, 0) is 9.59 Å². The summed E-state index contributed by atoms with van der Waals surface area (Å²) in [4.78, 5) is 35.4. The molecule has 8 heteroatoms. The fourth-order valence-electron chi connectivity index (χ4n) is 1.44. The second-order valence-corrected chi connectivity index (χ2v) is 5.35. The number of nitrogens with one attached hydrogen (secondary N) is 2. The first-order valence-corrected chi connectivity index (χ1v) is 6.73. The molecule has 0 aliphatic carbocycles. The summed E-state index contributed by atoms with van der Waals surface area (Å²) >= 11 is 1.30. The van der Waals surface area contributed by atoms with E-state index in [-0.39, 0.29) is 25.5 Å². The number of thiophene rings is 1. The Morgan fingerprint density at radius 2 is 2.05 bits per heavy atom. The highest BCUT2D eigenvalue weighted by Gasteiger charge is 2.19. The van der Waals surface area contributed by atoms with Crippen molar-refractivity contribution < 1.29 is 24.6 Å². The van der Waals surface area contributed by atoms with E-state index in [1.807, 2.05) is 6.92 Å². The van der Waals surface area contributed by atoms with Gasteiger partial charge in [-0.25, -0.2) is 4.79 Å². The molecule has 1 aromatic heterocycles. The molecule has 0 unspecified atom stereocenters. The van der Waals surface area contributed by atoms with Crippen LogP contribution in [0, 0.1) is 6.92 Å². The summed E-state index contributed by atoms with van der Waals surface area (Å²) in [5, 5.41) is 22.1. The van der Waals surface area contributed by atoms with Crippen LogP contribution in [0.25, 0.3) is 0 Å². The van der Waals surface area contributed by atoms with E-state index < -0.39 is 17.9 Å². The Hall–Kier alpha value is -1.93. The van der Waals surface area contributed by atoms with E-state index in [9.17, 15) is 14.4 Å². The monoisotopic (exact) mass is 300 g/mol. The molecule has 0 saturated carbocycles. The fourth-order valence-corrected chi connectivity index (χ4v) is 2.22. The first-order valence-electron chi connectivity index (χ1n) is 5.91. The molecule has 0 fully saturated rings. The van der Waals surface area contributed by atoms with Gasteiger partial charge in [0.05, 0.1) is 11.4 Å². The Balaban J connectivity index is 2.42. The highest BCUT2D eigenvalue weighted by Crippen LogP contribution is 2.14. The minimum absolute atomic E-state index is 0.0842. The summed E-state index contributed by atoms with van der Waals surface area (Å²) in [5.74, 6) is -2.23. The van der Waals surface area contributed by atoms with E-state index in [2.05, 4.69) is 10.6 Å². The van der Waals surface area contributed by atoms with Crippen molar-refractivity contribution in [1.29, 1.82) is 0 Å². The fraction of sp³-hybridized carbons (Fsp3) is 0.417. The highest BCUT2D eigenvalue weighted by molar-refractivity contribution is 7.13. The lowest BCUT2D eigenvalue weighted by Crippen LogP contribution is -2.45. The Morgan fingerprint density at radius 3 is 2.55 bits per heavy atom. The predicted molar refractivity (Wildman–Crippen MR) is 72.7 cm³/mol. The van der Waals surface area contributed by atoms with Crippen LogP contribution in [0.15, 0.2) is 12.1 Å². The summed E-state index contributed by atoms with van der Waals surface area (Å²) in [6.45, 7) is 1.20. The van der Waals surface area contributed by atoms with Crippen molar-refractivity contribution in [3.05, 3.63) is 21.9 Å². The van der Waals surface area contributed by atoms with Gasteiger partial charge in [0, 0.05) is 17.9 Å². The second kappa shape index (κ2) is 7.61. The molecular formula is C12H16N2O5S. The van der Waals surface area contributed by atoms with Crippen LogP contribution in [-0.4, -0.2) is 47.2 Å². The van der Waals surface area contributed by atoms with Crippen molar-refractivity contribution in [2.45, 2.75) is 19.4 Å². The molecule has 7 nitrogen and oxygen atoms in total. The first kappa shape index (κ1) is 16.1. The van der Waals surface area contributed by atoms with Gasteiger partial charge in [0.25, 0.3) is 5.91 Å². The van der Waals surface area contributed by atoms with E-state index in [1.165, 1.54) is 11.3 Å². The maximum Gasteiger partial charge on any atom is 0.326 e. The smallest absolute Gasteiger partial charge is 0.326 e. The summed E-state index contributed by atoms with van der Waals surface area (Å²) in [6.07, 6.45) is -0.0842. The average Bonchev–Trinajstić information content (AvgIpc) is 2.82. The Morgan fingerprint density at radius 1 is 1.35 bits per heavy atom. The number of amides is 2. The molecule has 1 aromatic rings. The van der Waals surface area contributed by atoms with Gasteiger partial charge in [0.1, 0.15) is 6.04 Å². The molecule has 0 radical (unpaired) electrons. The number of carboxylic acid groups (broad SMARTS) is 1. The molecule has 1 heterocycles. The van der Waals surface area contributed by atoms with Crippen molar-refractivity contribution in [3.63, 3.8) is 0 Å². The van der Waals surface area contributed by atoms with Gasteiger partial charge in [-0.2, -0.15) is 0 Å². The quantitative estimate of drug-likeness (QED) is 0.553. The number of aryl methyl sites for hydroxylation is 1. The lowest BCUT2D eigenvalue weighted by Gasteiger charge is -2.13. The topological polar surface area (TPSA) is 116 Å². The normalized spacial score (nSPS) is 11.7. The third kappa shape index (κ3) is 4.98. The Bertz CT molecular complexity index is 500. The van der Waals surface area contributed by atoms with E-state index in [1.54, 1.807) is 12.1 Å². The molecule has 0 spiro atoms. The zero-order valence-electron chi connectivity index (χ0n) is 10.9. The Labute approximate surface area is 119 Å². The van der Waals surface area contributed by atoms with Crippen LogP contribution in [0.4, 0.5) is 0 Å². The standard InChI is InChI=1S/C12H16N2O5S/c1-7-2-3-9(20-7)11(17)13-6-10(16)14-8(4-5-15)12(18)19/h2-3,8,15H,4-6H2,1H3,(H,13,17)(H,14,16)(H,18,19)/t8-/m0/s1. The predicted octanol–water partition coefficient (Wildman–Crippen LogP) is -0.262. The van der Waals surface area contributed by atoms with Gasteiger partial charge in [0.2, 0.25) is 5.91 Å². The van der Waals surface area contributed by atoms with Crippen LogP contribution in [0.3, 0.4) is 0 Å². The first-order chi connectivity index (χ1) is 9.43. The van der Waals surface area contributed by atoms with E-state index >= 15 is 0 Å². The molecule has 2 amide bonds. The minimum atomic E-state index is -1.23. The number of aliphatic hydroxyl groups is 1. The zero-order chi connectivity index (χ0) is 15.1. The van der Waals surface area contributed by atoms with E-state index in [0.29, 0.717) is 4.88 Å². The van der Waals surface area contributed by atoms with Crippen LogP contribution < -0.4 is 10.6 Å². The molecule has 110 valence electrons. The second-order valence-electron chi connectivity index (χ2n) is 4.06. The number of hydrogen-bond acceptors (Lipinski definition) is 5. The summed E-state index contributed by atoms with van der Waals surface area (Å²) in [6, 6.07) is 2.29. The van der Waals surface area contributed by atoms with E-state index in [4.69, 9.17) is 10.2 Å². The van der Waals surface area contributed by atoms with Crippen molar-refractivity contribution in [1.82, 2.24) is 10.6 Å². The third-order valence-corrected chi connectivity index (χ3v) is 3.42. The van der Waals surface area contributed by atoms with Crippen LogP contribution in [0.2, 0.25) is 0 Å². The van der Waals surface area contributed by atoms with E-state index in [0.717, 1.165) is 4.88 Å². The van der Waals surface area contributed by atoms with Crippen molar-refractivity contribution in [2.24, 2.45) is 0 Å². The maximum atomic E-state index is 11.7. The SMILES string of the molecule is Cc1ccc(C(=O)NCC(=O)N[C@@H](CCO)C(=O)O)s1. The maximum absolute atomic E-state index is 11.7. The van der Waals surface area contributed by atoms with Crippen molar-refractivity contribution in [2.75, 3.05) is 13.2 Å². The molecule has 1 atom stereocenters. The van der Waals surface area contributed by atoms with Gasteiger partial charge in [-0.05, 0) is 19.1 Å². The van der Waals surface area contributed by atoms with Gasteiger partial charge in [-0.1, -0.05) is 0 Å². The highest BCUT2D eigenvalue weighted by atomic mass is 32.1. The van der Waals surface area contributed by atoms with Gasteiger partial charge >= 0.3 is 5.97 Å². The lowest BCUT2D eigenvalue weighted by molar-refractivity contribution is -0.142. The molecule has 0 aliphatic heterocycles. The van der Waals surface area contributed by atoms with Crippen LogP contribution in [0.1, 0.15) is 21.0 Å². The van der Waals surface area contributed by atoms with Crippen LogP contribution in [0.5, 0.6) is 0 Å². The largest absolute Gasteiger partial charge is 0.480 e. The summed E-state index contributed by atoms with van der Waals surface area (Å²) in [5.41, 5.74) is 0. The zero-order valence-corrected chi connectivity index (χ0v) is 11.7. The number of carbonyl (C=O) groups excluding carboxylic acids is 2. The molecule has 0 saturated heterocycles. The summed E-state index contributed by atoms with van der Waals surface area (Å²) in [7, 11) is 0. The number of carbonyl (C=O) groups is 3. The molecular weight excluding hydrogens is 284 g/mol. The van der Waals surface area contributed by atoms with Gasteiger partial charge in [0.15, 0.2) is 0 Å². The number of hydrogen-bond donors (Lipinski definition) is 4. The minimum Gasteiger partial charge on any atom is -0.480 e. The number of carboxylic acids is 1.